The van der Waals surface area contributed by atoms with Crippen LogP contribution in [0.5, 0.6) is 11.5 Å². The number of rotatable bonds is 4. The number of hydrogen-bond donors (Lipinski definition) is 2. The summed E-state index contributed by atoms with van der Waals surface area (Å²) in [6, 6.07) is 3.32. The molecule has 7 nitrogen and oxygen atoms in total. The molecular formula is C17H16FN3O4. The summed E-state index contributed by atoms with van der Waals surface area (Å²) in [6.07, 6.45) is 4.20. The first-order valence-corrected chi connectivity index (χ1v) is 7.89. The second kappa shape index (κ2) is 5.66. The van der Waals surface area contributed by atoms with Crippen LogP contribution in [0.1, 0.15) is 23.2 Å². The summed E-state index contributed by atoms with van der Waals surface area (Å²) in [6.45, 7) is 1.51. The lowest BCUT2D eigenvalue weighted by molar-refractivity contribution is -0.0495. The summed E-state index contributed by atoms with van der Waals surface area (Å²) in [4.78, 5) is 21.5. The maximum absolute atomic E-state index is 13.3. The van der Waals surface area contributed by atoms with E-state index < -0.39 is 11.8 Å². The van der Waals surface area contributed by atoms with Crippen molar-refractivity contribution in [1.29, 1.82) is 0 Å². The second-order valence-corrected chi connectivity index (χ2v) is 6.68. The molecule has 0 radical (unpaired) electrons. The van der Waals surface area contributed by atoms with E-state index in [0.717, 1.165) is 38.1 Å². The maximum Gasteiger partial charge on any atom is 0.339 e. The molecule has 2 fully saturated rings. The summed E-state index contributed by atoms with van der Waals surface area (Å²) in [5, 5.41) is 18.7. The molecule has 2 heterocycles. The van der Waals surface area contributed by atoms with Gasteiger partial charge in [-0.05, 0) is 31.0 Å². The molecule has 1 saturated carbocycles. The standard InChI is InChI=1S/C17H16FN3O4/c18-10-1-2-13(12(3-10)16(23)24)25-14-6-19-9-20-15(14)21-7-17(8-21)4-11(22)5-17/h1-3,6,9,11,22H,4-5,7-8H2,(H,23,24). The minimum atomic E-state index is -1.28. The number of carboxylic acid groups (broad SMARTS) is 1. The number of aromatic carboxylic acids is 1. The predicted molar refractivity (Wildman–Crippen MR) is 85.4 cm³/mol. The highest BCUT2D eigenvalue weighted by molar-refractivity contribution is 5.91. The Hall–Kier alpha value is -2.74. The van der Waals surface area contributed by atoms with E-state index in [9.17, 15) is 19.4 Å². The fourth-order valence-corrected chi connectivity index (χ4v) is 3.61. The van der Waals surface area contributed by atoms with Gasteiger partial charge in [0.05, 0.1) is 12.3 Å². The van der Waals surface area contributed by atoms with Crippen molar-refractivity contribution < 1.29 is 24.1 Å². The predicted octanol–water partition coefficient (Wildman–Crippen LogP) is 2.07. The Kier molecular flexibility index (Phi) is 3.57. The van der Waals surface area contributed by atoms with Crippen LogP contribution in [0.3, 0.4) is 0 Å². The van der Waals surface area contributed by atoms with Gasteiger partial charge in [0, 0.05) is 18.5 Å². The van der Waals surface area contributed by atoms with Gasteiger partial charge in [-0.2, -0.15) is 0 Å². The Bertz CT molecular complexity index is 830. The van der Waals surface area contributed by atoms with Gasteiger partial charge >= 0.3 is 5.97 Å². The van der Waals surface area contributed by atoms with E-state index in [1.54, 1.807) is 0 Å². The first-order valence-electron chi connectivity index (χ1n) is 7.89. The number of halogens is 1. The monoisotopic (exact) mass is 345 g/mol. The van der Waals surface area contributed by atoms with Crippen LogP contribution in [-0.4, -0.2) is 45.3 Å². The third-order valence-corrected chi connectivity index (χ3v) is 4.74. The normalized spacial score (nSPS) is 18.6. The van der Waals surface area contributed by atoms with Gasteiger partial charge in [0.15, 0.2) is 11.6 Å². The van der Waals surface area contributed by atoms with Crippen LogP contribution in [0, 0.1) is 11.2 Å². The van der Waals surface area contributed by atoms with Gasteiger partial charge in [0.25, 0.3) is 0 Å². The number of nitrogens with zero attached hydrogens (tertiary/aromatic N) is 3. The molecule has 2 N–H and O–H groups in total. The maximum atomic E-state index is 13.3. The van der Waals surface area contributed by atoms with E-state index in [1.807, 2.05) is 4.90 Å². The molecule has 0 bridgehead atoms. The fourth-order valence-electron chi connectivity index (χ4n) is 3.61. The lowest BCUT2D eigenvalue weighted by atomic mass is 9.62. The van der Waals surface area contributed by atoms with Crippen LogP contribution in [0.2, 0.25) is 0 Å². The highest BCUT2D eigenvalue weighted by Crippen LogP contribution is 2.50. The van der Waals surface area contributed by atoms with E-state index in [1.165, 1.54) is 18.6 Å². The van der Waals surface area contributed by atoms with E-state index in [2.05, 4.69) is 9.97 Å². The minimum absolute atomic E-state index is 0.0271. The van der Waals surface area contributed by atoms with Gasteiger partial charge < -0.3 is 19.8 Å². The highest BCUT2D eigenvalue weighted by Gasteiger charge is 2.52. The summed E-state index contributed by atoms with van der Waals surface area (Å²) in [5.74, 6) is -1.03. The molecule has 0 amide bonds. The number of anilines is 1. The Morgan fingerprint density at radius 2 is 2.08 bits per heavy atom. The fraction of sp³-hybridized carbons (Fsp3) is 0.353. The molecule has 2 aliphatic rings. The average Bonchev–Trinajstić information content (AvgIpc) is 2.52. The quantitative estimate of drug-likeness (QED) is 0.876. The Labute approximate surface area is 142 Å². The number of aliphatic hydroxyl groups is 1. The van der Waals surface area contributed by atoms with E-state index in [0.29, 0.717) is 11.6 Å². The third kappa shape index (κ3) is 2.78. The number of benzene rings is 1. The van der Waals surface area contributed by atoms with E-state index in [4.69, 9.17) is 4.74 Å². The minimum Gasteiger partial charge on any atom is -0.478 e. The van der Waals surface area contributed by atoms with Gasteiger partial charge in [-0.3, -0.25) is 0 Å². The molecule has 2 aromatic rings. The molecule has 4 rings (SSSR count). The van der Waals surface area contributed by atoms with Gasteiger partial charge in [-0.15, -0.1) is 0 Å². The first kappa shape index (κ1) is 15.8. The zero-order chi connectivity index (χ0) is 17.6. The SMILES string of the molecule is O=C(O)c1cc(F)ccc1Oc1cncnc1N1CC2(CC(O)C2)C1. The lowest BCUT2D eigenvalue weighted by Crippen LogP contribution is -2.64. The molecule has 1 spiro atoms. The van der Waals surface area contributed by atoms with Crippen LogP contribution < -0.4 is 9.64 Å². The summed E-state index contributed by atoms with van der Waals surface area (Å²) in [7, 11) is 0. The molecule has 1 saturated heterocycles. The molecule has 0 unspecified atom stereocenters. The van der Waals surface area contributed by atoms with Crippen molar-refractivity contribution >= 4 is 11.8 Å². The Morgan fingerprint density at radius 1 is 1.32 bits per heavy atom. The average molecular weight is 345 g/mol. The summed E-state index contributed by atoms with van der Waals surface area (Å²) < 4.78 is 19.0. The van der Waals surface area contributed by atoms with Crippen LogP contribution in [0.25, 0.3) is 0 Å². The number of aromatic nitrogens is 2. The molecule has 1 aromatic carbocycles. The Morgan fingerprint density at radius 3 is 2.76 bits per heavy atom. The van der Waals surface area contributed by atoms with E-state index >= 15 is 0 Å². The van der Waals surface area contributed by atoms with Crippen molar-refractivity contribution in [3.63, 3.8) is 0 Å². The molecule has 1 aromatic heterocycles. The largest absolute Gasteiger partial charge is 0.478 e. The van der Waals surface area contributed by atoms with Crippen LogP contribution in [0.15, 0.2) is 30.7 Å². The third-order valence-electron chi connectivity index (χ3n) is 4.74. The second-order valence-electron chi connectivity index (χ2n) is 6.68. The summed E-state index contributed by atoms with van der Waals surface area (Å²) in [5.41, 5.74) is -0.124. The number of ether oxygens (including phenoxy) is 1. The van der Waals surface area contributed by atoms with Gasteiger partial charge in [-0.1, -0.05) is 0 Å². The van der Waals surface area contributed by atoms with Crippen molar-refractivity contribution in [2.24, 2.45) is 5.41 Å². The van der Waals surface area contributed by atoms with Crippen molar-refractivity contribution in [2.45, 2.75) is 18.9 Å². The topological polar surface area (TPSA) is 95.8 Å². The molecule has 0 atom stereocenters. The number of hydrogen-bond acceptors (Lipinski definition) is 6. The van der Waals surface area contributed by atoms with Crippen molar-refractivity contribution in [3.8, 4) is 11.5 Å². The highest BCUT2D eigenvalue weighted by atomic mass is 19.1. The number of aliphatic hydroxyl groups excluding tert-OH is 1. The van der Waals surface area contributed by atoms with Crippen LogP contribution >= 0.6 is 0 Å². The van der Waals surface area contributed by atoms with Gasteiger partial charge in [0.2, 0.25) is 0 Å². The first-order chi connectivity index (χ1) is 12.0. The van der Waals surface area contributed by atoms with Crippen molar-refractivity contribution in [2.75, 3.05) is 18.0 Å². The molecule has 1 aliphatic heterocycles. The Balaban J connectivity index is 1.58. The van der Waals surface area contributed by atoms with Crippen LogP contribution in [0.4, 0.5) is 10.2 Å². The van der Waals surface area contributed by atoms with Crippen molar-refractivity contribution in [1.82, 2.24) is 9.97 Å². The lowest BCUT2D eigenvalue weighted by Gasteiger charge is -2.58. The molecule has 8 heteroatoms. The zero-order valence-electron chi connectivity index (χ0n) is 13.2. The molecule has 130 valence electrons. The smallest absolute Gasteiger partial charge is 0.339 e. The zero-order valence-corrected chi connectivity index (χ0v) is 13.2. The summed E-state index contributed by atoms with van der Waals surface area (Å²) >= 11 is 0. The van der Waals surface area contributed by atoms with E-state index in [-0.39, 0.29) is 22.8 Å². The molecular weight excluding hydrogens is 329 g/mol. The van der Waals surface area contributed by atoms with Gasteiger partial charge in [-0.25, -0.2) is 19.2 Å². The molecule has 1 aliphatic carbocycles. The number of carboxylic acids is 1. The van der Waals surface area contributed by atoms with Crippen molar-refractivity contribution in [3.05, 3.63) is 42.1 Å². The molecule has 25 heavy (non-hydrogen) atoms. The number of carbonyl (C=O) groups is 1. The van der Waals surface area contributed by atoms with Gasteiger partial charge in [0.1, 0.15) is 23.5 Å². The van der Waals surface area contributed by atoms with Crippen LogP contribution in [-0.2, 0) is 0 Å².